The molecule has 8 nitrogen and oxygen atoms in total. The molecule has 2 aliphatic rings. The summed E-state index contributed by atoms with van der Waals surface area (Å²) in [5.41, 5.74) is 5.75. The molecule has 1 amide bonds. The fourth-order valence-corrected chi connectivity index (χ4v) is 4.37. The van der Waals surface area contributed by atoms with E-state index in [1.807, 2.05) is 13.8 Å². The van der Waals surface area contributed by atoms with Crippen molar-refractivity contribution < 1.29 is 24.5 Å². The fourth-order valence-electron chi connectivity index (χ4n) is 2.81. The Kier molecular flexibility index (Phi) is 3.29. The summed E-state index contributed by atoms with van der Waals surface area (Å²) in [7, 11) is 0. The van der Waals surface area contributed by atoms with Gasteiger partial charge in [-0.3, -0.25) is 4.79 Å². The lowest BCUT2D eigenvalue weighted by Gasteiger charge is -2.41. The van der Waals surface area contributed by atoms with Gasteiger partial charge in [-0.25, -0.2) is 9.36 Å². The van der Waals surface area contributed by atoms with Crippen LogP contribution in [0, 0.1) is 0 Å². The van der Waals surface area contributed by atoms with Gasteiger partial charge < -0.3 is 25.6 Å². The van der Waals surface area contributed by atoms with Crippen LogP contribution in [0.1, 0.15) is 13.8 Å². The molecule has 1 aromatic rings. The Morgan fingerprint density at radius 2 is 2.00 bits per heavy atom. The maximum atomic E-state index is 12.4. The lowest BCUT2D eigenvalue weighted by molar-refractivity contribution is -0.165. The minimum absolute atomic E-state index is 0.214. The van der Waals surface area contributed by atoms with Crippen LogP contribution in [-0.4, -0.2) is 53.8 Å². The predicted octanol–water partition coefficient (Wildman–Crippen LogP) is -0.210. The van der Waals surface area contributed by atoms with Crippen LogP contribution in [0.5, 0.6) is 11.8 Å². The van der Waals surface area contributed by atoms with Crippen LogP contribution in [0.25, 0.3) is 0 Å². The number of nitrogens with zero attached hydrogens (tertiary/aromatic N) is 2. The molecule has 2 fully saturated rings. The van der Waals surface area contributed by atoms with Gasteiger partial charge in [0.1, 0.15) is 17.5 Å². The number of ether oxygens (including phenoxy) is 1. The molecular weight excluding hydrogens is 310 g/mol. The Morgan fingerprint density at radius 3 is 2.59 bits per heavy atom. The minimum atomic E-state index is -0.741. The lowest BCUT2D eigenvalue weighted by Crippen LogP contribution is -2.68. The molecule has 0 aromatic carbocycles. The lowest BCUT2D eigenvalue weighted by atomic mass is 9.96. The number of aromatic nitrogens is 1. The van der Waals surface area contributed by atoms with Gasteiger partial charge in [0, 0.05) is 16.9 Å². The molecule has 22 heavy (non-hydrogen) atoms. The summed E-state index contributed by atoms with van der Waals surface area (Å²) in [4.78, 5) is 25.7. The van der Waals surface area contributed by atoms with Gasteiger partial charge in [0.15, 0.2) is 18.5 Å². The number of nitrogens with two attached hydrogens (primary N) is 1. The summed E-state index contributed by atoms with van der Waals surface area (Å²) < 4.78 is 5.67. The van der Waals surface area contributed by atoms with Crippen LogP contribution < -0.4 is 5.73 Å². The summed E-state index contributed by atoms with van der Waals surface area (Å²) in [6.45, 7) is 3.37. The highest BCUT2D eigenvalue weighted by molar-refractivity contribution is 8.01. The third-order valence-electron chi connectivity index (χ3n) is 3.98. The second kappa shape index (κ2) is 4.82. The molecule has 1 aromatic heterocycles. The van der Waals surface area contributed by atoms with Crippen LogP contribution in [0.4, 0.5) is 0 Å². The molecule has 3 heterocycles. The molecule has 0 unspecified atom stereocenters. The average Bonchev–Trinajstić information content (AvgIpc) is 2.91. The van der Waals surface area contributed by atoms with Crippen molar-refractivity contribution in [1.82, 2.24) is 9.47 Å². The average molecular weight is 327 g/mol. The molecule has 0 spiro atoms. The molecular formula is C13H17N3O5S. The Balaban J connectivity index is 1.73. The number of thioether (sulfide) groups is 1. The van der Waals surface area contributed by atoms with Gasteiger partial charge >= 0.3 is 5.97 Å². The van der Waals surface area contributed by atoms with Crippen LogP contribution in [0.2, 0.25) is 0 Å². The van der Waals surface area contributed by atoms with Gasteiger partial charge in [0.25, 0.3) is 0 Å². The molecule has 4 N–H and O–H groups in total. The highest BCUT2D eigenvalue weighted by Gasteiger charge is 2.63. The number of rotatable bonds is 3. The van der Waals surface area contributed by atoms with Crippen molar-refractivity contribution in [2.75, 3.05) is 0 Å². The number of carbonyl (C=O) groups is 2. The third kappa shape index (κ3) is 2.03. The van der Waals surface area contributed by atoms with Crippen LogP contribution in [-0.2, 0) is 21.1 Å². The molecule has 0 aliphatic carbocycles. The van der Waals surface area contributed by atoms with E-state index in [9.17, 15) is 19.8 Å². The van der Waals surface area contributed by atoms with Crippen LogP contribution >= 0.6 is 11.8 Å². The molecule has 120 valence electrons. The van der Waals surface area contributed by atoms with E-state index in [4.69, 9.17) is 10.5 Å². The smallest absolute Gasteiger partial charge is 0.332 e. The van der Waals surface area contributed by atoms with E-state index in [0.717, 1.165) is 4.57 Å². The van der Waals surface area contributed by atoms with Crippen molar-refractivity contribution in [3.8, 4) is 11.8 Å². The summed E-state index contributed by atoms with van der Waals surface area (Å²) in [5, 5.41) is 18.8. The SMILES string of the molecule is CC1(C)S[C@@H]2[C@H](N)C(=O)N2[C@H]1C(=O)OCn1c(O)ccc1O. The third-order valence-corrected chi connectivity index (χ3v) is 5.57. The van der Waals surface area contributed by atoms with E-state index < -0.39 is 22.8 Å². The summed E-state index contributed by atoms with van der Waals surface area (Å²) in [5.74, 6) is -1.29. The van der Waals surface area contributed by atoms with Crippen LogP contribution in [0.15, 0.2) is 12.1 Å². The highest BCUT2D eigenvalue weighted by atomic mass is 32.2. The topological polar surface area (TPSA) is 118 Å². The summed E-state index contributed by atoms with van der Waals surface area (Å²) >= 11 is 1.47. The summed E-state index contributed by atoms with van der Waals surface area (Å²) in [6, 6.07) is 1.24. The number of aromatic hydroxyl groups is 2. The maximum Gasteiger partial charge on any atom is 0.332 e. The Labute approximate surface area is 130 Å². The number of amides is 1. The zero-order valence-electron chi connectivity index (χ0n) is 12.1. The van der Waals surface area contributed by atoms with E-state index in [1.165, 1.54) is 28.8 Å². The Bertz CT molecular complexity index is 624. The van der Waals surface area contributed by atoms with Crippen LogP contribution in [0.3, 0.4) is 0 Å². The first-order valence-electron chi connectivity index (χ1n) is 6.73. The van der Waals surface area contributed by atoms with Gasteiger partial charge in [0.05, 0.1) is 0 Å². The van der Waals surface area contributed by atoms with Crippen molar-refractivity contribution in [1.29, 1.82) is 0 Å². The molecule has 0 bridgehead atoms. The normalized spacial score (nSPS) is 29.1. The van der Waals surface area contributed by atoms with Gasteiger partial charge in [-0.1, -0.05) is 0 Å². The standard InChI is InChI=1S/C13H17N3O5S/c1-13(2)9(16-10(19)8(14)11(16)22-13)12(20)21-5-15-6(17)3-4-7(15)18/h3-4,8-9,11,17-18H,5,14H2,1-2H3/t8-,9+,11-/m1/s1. The van der Waals surface area contributed by atoms with Gasteiger partial charge in [-0.15, -0.1) is 11.8 Å². The monoisotopic (exact) mass is 327 g/mol. The Hall–Kier alpha value is -1.87. The van der Waals surface area contributed by atoms with Crippen molar-refractivity contribution in [2.24, 2.45) is 5.73 Å². The van der Waals surface area contributed by atoms with Crippen molar-refractivity contribution in [3.63, 3.8) is 0 Å². The molecule has 0 radical (unpaired) electrons. The first kappa shape index (κ1) is 15.0. The second-order valence-electron chi connectivity index (χ2n) is 5.86. The van der Waals surface area contributed by atoms with E-state index in [2.05, 4.69) is 0 Å². The second-order valence-corrected chi connectivity index (χ2v) is 7.63. The molecule has 2 aliphatic heterocycles. The van der Waals surface area contributed by atoms with E-state index in [-0.39, 0.29) is 29.8 Å². The quantitative estimate of drug-likeness (QED) is 0.519. The van der Waals surface area contributed by atoms with E-state index >= 15 is 0 Å². The largest absolute Gasteiger partial charge is 0.494 e. The van der Waals surface area contributed by atoms with Gasteiger partial charge in [0.2, 0.25) is 5.91 Å². The van der Waals surface area contributed by atoms with E-state index in [1.54, 1.807) is 0 Å². The van der Waals surface area contributed by atoms with Crippen molar-refractivity contribution >= 4 is 23.6 Å². The molecule has 3 atom stereocenters. The zero-order valence-corrected chi connectivity index (χ0v) is 12.9. The van der Waals surface area contributed by atoms with Crippen molar-refractivity contribution in [3.05, 3.63) is 12.1 Å². The number of β-lactam (4-membered cyclic amide) rings is 1. The first-order chi connectivity index (χ1) is 10.2. The Morgan fingerprint density at radius 1 is 1.41 bits per heavy atom. The molecule has 2 saturated heterocycles. The first-order valence-corrected chi connectivity index (χ1v) is 7.61. The number of hydrogen-bond acceptors (Lipinski definition) is 7. The molecule has 0 saturated carbocycles. The zero-order chi connectivity index (χ0) is 16.2. The predicted molar refractivity (Wildman–Crippen MR) is 77.9 cm³/mol. The number of esters is 1. The number of fused-ring (bicyclic) bond motifs is 1. The minimum Gasteiger partial charge on any atom is -0.494 e. The number of carbonyl (C=O) groups excluding carboxylic acids is 2. The fraction of sp³-hybridized carbons (Fsp3) is 0.538. The van der Waals surface area contributed by atoms with Gasteiger partial charge in [-0.2, -0.15) is 0 Å². The maximum absolute atomic E-state index is 12.4. The van der Waals surface area contributed by atoms with E-state index in [0.29, 0.717) is 0 Å². The molecule has 9 heteroatoms. The van der Waals surface area contributed by atoms with Crippen molar-refractivity contribution in [2.45, 2.75) is 42.8 Å². The van der Waals surface area contributed by atoms with Gasteiger partial charge in [-0.05, 0) is 13.8 Å². The summed E-state index contributed by atoms with van der Waals surface area (Å²) in [6.07, 6.45) is 0. The number of hydrogen-bond donors (Lipinski definition) is 3. The highest BCUT2D eigenvalue weighted by Crippen LogP contribution is 2.50. The molecule has 3 rings (SSSR count).